The number of aryl methyl sites for hydroxylation is 2. The van der Waals surface area contributed by atoms with E-state index in [0.717, 1.165) is 34.0 Å². The van der Waals surface area contributed by atoms with Crippen molar-refractivity contribution in [2.75, 3.05) is 5.88 Å². The number of thiazole rings is 1. The molecule has 2 aromatic heterocycles. The summed E-state index contributed by atoms with van der Waals surface area (Å²) in [7, 11) is 0. The van der Waals surface area contributed by atoms with E-state index in [1.165, 1.54) is 0 Å². The fourth-order valence-corrected chi connectivity index (χ4v) is 3.67. The van der Waals surface area contributed by atoms with Crippen LogP contribution >= 0.6 is 34.5 Å². The Kier molecular flexibility index (Phi) is 4.20. The van der Waals surface area contributed by atoms with Crippen LogP contribution < -0.4 is 0 Å². The van der Waals surface area contributed by atoms with E-state index in [2.05, 4.69) is 26.8 Å². The highest BCUT2D eigenvalue weighted by molar-refractivity contribution is 7.09. The van der Waals surface area contributed by atoms with Crippen molar-refractivity contribution < 1.29 is 0 Å². The Labute approximate surface area is 137 Å². The lowest BCUT2D eigenvalue weighted by Gasteiger charge is -2.15. The molecule has 0 amide bonds. The number of halogens is 2. The zero-order valence-electron chi connectivity index (χ0n) is 11.8. The third-order valence-electron chi connectivity index (χ3n) is 3.42. The molecule has 1 atom stereocenters. The average Bonchev–Trinajstić information content (AvgIpc) is 3.01. The van der Waals surface area contributed by atoms with Crippen molar-refractivity contribution in [1.29, 1.82) is 0 Å². The minimum absolute atomic E-state index is 0.132. The summed E-state index contributed by atoms with van der Waals surface area (Å²) < 4.78 is 2.21. The van der Waals surface area contributed by atoms with Crippen LogP contribution in [0.4, 0.5) is 0 Å². The fourth-order valence-electron chi connectivity index (χ4n) is 2.49. The van der Waals surface area contributed by atoms with Crippen molar-refractivity contribution in [3.8, 4) is 0 Å². The molecule has 0 spiro atoms. The predicted octanol–water partition coefficient (Wildman–Crippen LogP) is 4.85. The van der Waals surface area contributed by atoms with E-state index in [-0.39, 0.29) is 6.04 Å². The van der Waals surface area contributed by atoms with Gasteiger partial charge in [-0.15, -0.1) is 22.9 Å². The standard InChI is InChI=1S/C15H15Cl2N3S/c1-9-8-21-15(18-9)10(2)20-13-4-3-11(17)7-12(13)19-14(20)5-6-16/h3-4,7-8,10H,5-6H2,1-2H3. The van der Waals surface area contributed by atoms with Gasteiger partial charge in [-0.2, -0.15) is 0 Å². The summed E-state index contributed by atoms with van der Waals surface area (Å²) in [6, 6.07) is 5.93. The van der Waals surface area contributed by atoms with Gasteiger partial charge in [-0.05, 0) is 32.0 Å². The van der Waals surface area contributed by atoms with Crippen LogP contribution in [0.15, 0.2) is 23.6 Å². The SMILES string of the molecule is Cc1csc(C(C)n2c(CCCl)nc3cc(Cl)ccc32)n1. The van der Waals surface area contributed by atoms with E-state index < -0.39 is 0 Å². The van der Waals surface area contributed by atoms with Gasteiger partial charge in [0.25, 0.3) is 0 Å². The van der Waals surface area contributed by atoms with Crippen molar-refractivity contribution in [2.45, 2.75) is 26.3 Å². The third-order valence-corrected chi connectivity index (χ3v) is 4.98. The zero-order chi connectivity index (χ0) is 15.0. The Morgan fingerprint density at radius 3 is 2.81 bits per heavy atom. The molecular weight excluding hydrogens is 325 g/mol. The summed E-state index contributed by atoms with van der Waals surface area (Å²) >= 11 is 13.7. The largest absolute Gasteiger partial charge is 0.318 e. The highest BCUT2D eigenvalue weighted by atomic mass is 35.5. The molecule has 0 aliphatic heterocycles. The van der Waals surface area contributed by atoms with Crippen LogP contribution in [0.1, 0.15) is 29.5 Å². The molecular formula is C15H15Cl2N3S. The molecule has 0 fully saturated rings. The van der Waals surface area contributed by atoms with Crippen LogP contribution in [0.25, 0.3) is 11.0 Å². The second-order valence-electron chi connectivity index (χ2n) is 4.97. The number of nitrogens with zero attached hydrogens (tertiary/aromatic N) is 3. The van der Waals surface area contributed by atoms with Crippen LogP contribution in [0.3, 0.4) is 0 Å². The zero-order valence-corrected chi connectivity index (χ0v) is 14.1. The summed E-state index contributed by atoms with van der Waals surface area (Å²) in [5, 5.41) is 3.85. The van der Waals surface area contributed by atoms with E-state index in [1.807, 2.05) is 25.1 Å². The number of fused-ring (bicyclic) bond motifs is 1. The molecule has 110 valence electrons. The first-order chi connectivity index (χ1) is 10.1. The lowest BCUT2D eigenvalue weighted by Crippen LogP contribution is -2.11. The highest BCUT2D eigenvalue weighted by Gasteiger charge is 2.19. The van der Waals surface area contributed by atoms with Gasteiger partial charge in [-0.1, -0.05) is 11.6 Å². The molecule has 0 bridgehead atoms. The normalized spacial score (nSPS) is 13.0. The molecule has 2 heterocycles. The molecule has 21 heavy (non-hydrogen) atoms. The summed E-state index contributed by atoms with van der Waals surface area (Å²) in [5.41, 5.74) is 3.02. The van der Waals surface area contributed by atoms with E-state index in [9.17, 15) is 0 Å². The summed E-state index contributed by atoms with van der Waals surface area (Å²) in [6.45, 7) is 4.16. The first-order valence-electron chi connectivity index (χ1n) is 6.74. The van der Waals surface area contributed by atoms with Gasteiger partial charge in [0.2, 0.25) is 0 Å². The van der Waals surface area contributed by atoms with E-state index in [0.29, 0.717) is 10.9 Å². The van der Waals surface area contributed by atoms with Gasteiger partial charge >= 0.3 is 0 Å². The van der Waals surface area contributed by atoms with Crippen molar-refractivity contribution in [3.05, 3.63) is 45.1 Å². The minimum atomic E-state index is 0.132. The van der Waals surface area contributed by atoms with Gasteiger partial charge < -0.3 is 4.57 Å². The van der Waals surface area contributed by atoms with E-state index in [1.54, 1.807) is 11.3 Å². The maximum atomic E-state index is 6.07. The second-order valence-corrected chi connectivity index (χ2v) is 6.68. The van der Waals surface area contributed by atoms with Gasteiger partial charge in [0.15, 0.2) is 0 Å². The topological polar surface area (TPSA) is 30.7 Å². The van der Waals surface area contributed by atoms with Crippen LogP contribution in [-0.4, -0.2) is 20.4 Å². The van der Waals surface area contributed by atoms with Gasteiger partial charge in [0, 0.05) is 28.4 Å². The van der Waals surface area contributed by atoms with Gasteiger partial charge in [0.1, 0.15) is 10.8 Å². The Morgan fingerprint density at radius 2 is 2.14 bits per heavy atom. The predicted molar refractivity (Wildman–Crippen MR) is 89.8 cm³/mol. The molecule has 0 saturated carbocycles. The maximum absolute atomic E-state index is 6.07. The number of imidazole rings is 1. The molecule has 0 radical (unpaired) electrons. The van der Waals surface area contributed by atoms with Crippen molar-refractivity contribution in [3.63, 3.8) is 0 Å². The third kappa shape index (κ3) is 2.80. The monoisotopic (exact) mass is 339 g/mol. The first-order valence-corrected chi connectivity index (χ1v) is 8.53. The minimum Gasteiger partial charge on any atom is -0.318 e. The van der Waals surface area contributed by atoms with Crippen molar-refractivity contribution in [1.82, 2.24) is 14.5 Å². The fraction of sp³-hybridized carbons (Fsp3) is 0.333. The Bertz CT molecular complexity index is 778. The van der Waals surface area contributed by atoms with Gasteiger partial charge in [-0.25, -0.2) is 9.97 Å². The molecule has 0 aliphatic carbocycles. The number of benzene rings is 1. The number of aromatic nitrogens is 3. The molecule has 1 aromatic carbocycles. The first kappa shape index (κ1) is 14.8. The summed E-state index contributed by atoms with van der Waals surface area (Å²) in [6.07, 6.45) is 0.725. The summed E-state index contributed by atoms with van der Waals surface area (Å²) in [4.78, 5) is 9.29. The van der Waals surface area contributed by atoms with Crippen LogP contribution in [0.5, 0.6) is 0 Å². The quantitative estimate of drug-likeness (QED) is 0.636. The Balaban J connectivity index is 2.16. The van der Waals surface area contributed by atoms with Gasteiger partial charge in [-0.3, -0.25) is 0 Å². The number of hydrogen-bond donors (Lipinski definition) is 0. The second kappa shape index (κ2) is 5.95. The van der Waals surface area contributed by atoms with E-state index >= 15 is 0 Å². The molecule has 0 N–H and O–H groups in total. The number of hydrogen-bond acceptors (Lipinski definition) is 3. The molecule has 3 rings (SSSR count). The Hall–Kier alpha value is -1.10. The van der Waals surface area contributed by atoms with Crippen LogP contribution in [0, 0.1) is 6.92 Å². The molecule has 0 saturated heterocycles. The molecule has 6 heteroatoms. The van der Waals surface area contributed by atoms with Gasteiger partial charge in [0.05, 0.1) is 17.1 Å². The van der Waals surface area contributed by atoms with E-state index in [4.69, 9.17) is 23.2 Å². The Morgan fingerprint density at radius 1 is 1.33 bits per heavy atom. The lowest BCUT2D eigenvalue weighted by atomic mass is 10.2. The molecule has 1 unspecified atom stereocenters. The van der Waals surface area contributed by atoms with Crippen LogP contribution in [0.2, 0.25) is 5.02 Å². The highest BCUT2D eigenvalue weighted by Crippen LogP contribution is 2.29. The van der Waals surface area contributed by atoms with Crippen molar-refractivity contribution >= 4 is 45.6 Å². The lowest BCUT2D eigenvalue weighted by molar-refractivity contribution is 0.619. The molecule has 3 nitrogen and oxygen atoms in total. The molecule has 0 aliphatic rings. The average molecular weight is 340 g/mol. The number of alkyl halides is 1. The molecule has 3 aromatic rings. The summed E-state index contributed by atoms with van der Waals surface area (Å²) in [5.74, 6) is 1.52. The van der Waals surface area contributed by atoms with Crippen LogP contribution in [-0.2, 0) is 6.42 Å². The maximum Gasteiger partial charge on any atom is 0.116 e. The smallest absolute Gasteiger partial charge is 0.116 e. The van der Waals surface area contributed by atoms with Crippen molar-refractivity contribution in [2.24, 2.45) is 0 Å². The number of rotatable bonds is 4.